The van der Waals surface area contributed by atoms with E-state index in [9.17, 15) is 4.39 Å². The molecule has 0 saturated heterocycles. The van der Waals surface area contributed by atoms with Crippen molar-refractivity contribution in [1.82, 2.24) is 5.32 Å². The first kappa shape index (κ1) is 18.4. The zero-order valence-electron chi connectivity index (χ0n) is 13.6. The molecule has 1 N–H and O–H groups in total. The number of hydrogen-bond donors (Lipinski definition) is 1. The van der Waals surface area contributed by atoms with Crippen molar-refractivity contribution < 1.29 is 4.39 Å². The molecule has 0 aliphatic carbocycles. The van der Waals surface area contributed by atoms with E-state index in [1.165, 1.54) is 25.3 Å². The van der Waals surface area contributed by atoms with Gasteiger partial charge < -0.3 is 5.32 Å². The molecule has 0 radical (unpaired) electrons. The third-order valence-electron chi connectivity index (χ3n) is 4.30. The molecule has 1 nitrogen and oxygen atoms in total. The molecule has 0 heterocycles. The van der Waals surface area contributed by atoms with Gasteiger partial charge in [-0.1, -0.05) is 51.3 Å². The summed E-state index contributed by atoms with van der Waals surface area (Å²) >= 11 is 5.93. The molecule has 3 heteroatoms. The van der Waals surface area contributed by atoms with Gasteiger partial charge in [0, 0.05) is 6.54 Å². The fourth-order valence-corrected chi connectivity index (χ4v) is 3.03. The molecule has 0 fully saturated rings. The number of halogens is 2. The Labute approximate surface area is 134 Å². The van der Waals surface area contributed by atoms with E-state index in [0.29, 0.717) is 0 Å². The highest BCUT2D eigenvalue weighted by atomic mass is 35.5. The van der Waals surface area contributed by atoms with Crippen LogP contribution in [0.25, 0.3) is 0 Å². The topological polar surface area (TPSA) is 12.0 Å². The maximum Gasteiger partial charge on any atom is 0.141 e. The maximum absolute atomic E-state index is 13.3. The van der Waals surface area contributed by atoms with Crippen molar-refractivity contribution in [3.63, 3.8) is 0 Å². The Hall–Kier alpha value is -0.600. The standard InChI is InChI=1S/C18H29ClFN/c1-4-7-10-18(6-3,14-21-11-5-2)13-15-8-9-17(20)16(19)12-15/h8-9,12,21H,4-7,10-11,13-14H2,1-3H3. The number of hydrogen-bond acceptors (Lipinski definition) is 1. The van der Waals surface area contributed by atoms with Crippen molar-refractivity contribution in [3.05, 3.63) is 34.6 Å². The van der Waals surface area contributed by atoms with E-state index in [1.807, 2.05) is 6.07 Å². The smallest absolute Gasteiger partial charge is 0.141 e. The first-order valence-corrected chi connectivity index (χ1v) is 8.59. The number of rotatable bonds is 10. The quantitative estimate of drug-likeness (QED) is 0.554. The third-order valence-corrected chi connectivity index (χ3v) is 4.59. The number of benzene rings is 1. The predicted octanol–water partition coefficient (Wildman–Crippen LogP) is 5.61. The predicted molar refractivity (Wildman–Crippen MR) is 90.5 cm³/mol. The van der Waals surface area contributed by atoms with Crippen LogP contribution in [-0.4, -0.2) is 13.1 Å². The minimum Gasteiger partial charge on any atom is -0.316 e. The molecule has 0 aliphatic rings. The van der Waals surface area contributed by atoms with Crippen molar-refractivity contribution in [1.29, 1.82) is 0 Å². The molecule has 0 amide bonds. The van der Waals surface area contributed by atoms with E-state index in [1.54, 1.807) is 6.07 Å². The van der Waals surface area contributed by atoms with Gasteiger partial charge in [0.2, 0.25) is 0 Å². The van der Waals surface area contributed by atoms with Gasteiger partial charge in [-0.15, -0.1) is 0 Å². The minimum absolute atomic E-state index is 0.231. The molecule has 0 aliphatic heterocycles. The molecule has 1 unspecified atom stereocenters. The van der Waals surface area contributed by atoms with E-state index >= 15 is 0 Å². The lowest BCUT2D eigenvalue weighted by molar-refractivity contribution is 0.229. The Kier molecular flexibility index (Phi) is 8.28. The van der Waals surface area contributed by atoms with Gasteiger partial charge in [-0.05, 0) is 55.3 Å². The lowest BCUT2D eigenvalue weighted by Gasteiger charge is -2.34. The van der Waals surface area contributed by atoms with Gasteiger partial charge in [0.05, 0.1) is 5.02 Å². The van der Waals surface area contributed by atoms with Crippen LogP contribution >= 0.6 is 11.6 Å². The summed E-state index contributed by atoms with van der Waals surface area (Å²) in [4.78, 5) is 0. The Morgan fingerprint density at radius 2 is 1.95 bits per heavy atom. The third kappa shape index (κ3) is 5.96. The van der Waals surface area contributed by atoms with Crippen molar-refractivity contribution in [3.8, 4) is 0 Å². The summed E-state index contributed by atoms with van der Waals surface area (Å²) in [5.41, 5.74) is 1.38. The Morgan fingerprint density at radius 1 is 1.19 bits per heavy atom. The molecule has 0 bridgehead atoms. The largest absolute Gasteiger partial charge is 0.316 e. The summed E-state index contributed by atoms with van der Waals surface area (Å²) in [6, 6.07) is 5.14. The second-order valence-electron chi connectivity index (χ2n) is 6.06. The lowest BCUT2D eigenvalue weighted by Crippen LogP contribution is -2.36. The summed E-state index contributed by atoms with van der Waals surface area (Å²) in [5, 5.41) is 3.81. The van der Waals surface area contributed by atoms with Crippen LogP contribution in [0.2, 0.25) is 5.02 Å². The SMILES string of the molecule is CCCCC(CC)(CNCCC)Cc1ccc(F)c(Cl)c1. The van der Waals surface area contributed by atoms with Crippen LogP contribution in [0.5, 0.6) is 0 Å². The zero-order valence-corrected chi connectivity index (χ0v) is 14.4. The van der Waals surface area contributed by atoms with E-state index in [0.717, 1.165) is 37.9 Å². The van der Waals surface area contributed by atoms with Gasteiger partial charge in [-0.3, -0.25) is 0 Å². The van der Waals surface area contributed by atoms with E-state index in [4.69, 9.17) is 11.6 Å². The average Bonchev–Trinajstić information content (AvgIpc) is 2.48. The first-order chi connectivity index (χ1) is 10.1. The van der Waals surface area contributed by atoms with Gasteiger partial charge in [0.1, 0.15) is 5.82 Å². The molecule has 120 valence electrons. The van der Waals surface area contributed by atoms with Gasteiger partial charge in [0.25, 0.3) is 0 Å². The summed E-state index contributed by atoms with van der Waals surface area (Å²) in [7, 11) is 0. The zero-order chi connectivity index (χ0) is 15.7. The van der Waals surface area contributed by atoms with Crippen LogP contribution in [0, 0.1) is 11.2 Å². The number of nitrogens with one attached hydrogen (secondary N) is 1. The highest BCUT2D eigenvalue weighted by Gasteiger charge is 2.27. The second kappa shape index (κ2) is 9.42. The molecule has 1 aromatic rings. The minimum atomic E-state index is -0.333. The molecule has 21 heavy (non-hydrogen) atoms. The van der Waals surface area contributed by atoms with Crippen LogP contribution in [0.1, 0.15) is 58.4 Å². The van der Waals surface area contributed by atoms with Crippen LogP contribution in [0.3, 0.4) is 0 Å². The van der Waals surface area contributed by atoms with Crippen molar-refractivity contribution in [2.45, 2.75) is 59.3 Å². The van der Waals surface area contributed by atoms with Crippen LogP contribution in [-0.2, 0) is 6.42 Å². The highest BCUT2D eigenvalue weighted by molar-refractivity contribution is 6.30. The monoisotopic (exact) mass is 313 g/mol. The Morgan fingerprint density at radius 3 is 2.52 bits per heavy atom. The van der Waals surface area contributed by atoms with Crippen molar-refractivity contribution in [2.24, 2.45) is 5.41 Å². The summed E-state index contributed by atoms with van der Waals surface area (Å²) in [6.45, 7) is 8.75. The van der Waals surface area contributed by atoms with Gasteiger partial charge in [-0.2, -0.15) is 0 Å². The Balaban J connectivity index is 2.84. The Bertz CT molecular complexity index is 422. The molecule has 0 spiro atoms. The number of unbranched alkanes of at least 4 members (excludes halogenated alkanes) is 1. The first-order valence-electron chi connectivity index (χ1n) is 8.21. The molecule has 1 atom stereocenters. The van der Waals surface area contributed by atoms with E-state index in [-0.39, 0.29) is 16.3 Å². The van der Waals surface area contributed by atoms with Crippen LogP contribution in [0.15, 0.2) is 18.2 Å². The summed E-state index contributed by atoms with van der Waals surface area (Å²) in [6.07, 6.45) is 6.87. The molecule has 1 rings (SSSR count). The lowest BCUT2D eigenvalue weighted by atomic mass is 9.75. The normalized spacial score (nSPS) is 14.1. The fraction of sp³-hybridized carbons (Fsp3) is 0.667. The van der Waals surface area contributed by atoms with E-state index in [2.05, 4.69) is 26.1 Å². The summed E-state index contributed by atoms with van der Waals surface area (Å²) in [5.74, 6) is -0.333. The molecule has 0 aromatic heterocycles. The highest BCUT2D eigenvalue weighted by Crippen LogP contribution is 2.33. The van der Waals surface area contributed by atoms with Gasteiger partial charge in [-0.25, -0.2) is 4.39 Å². The van der Waals surface area contributed by atoms with Crippen LogP contribution < -0.4 is 5.32 Å². The van der Waals surface area contributed by atoms with Gasteiger partial charge >= 0.3 is 0 Å². The molecular formula is C18H29ClFN. The molecular weight excluding hydrogens is 285 g/mol. The second-order valence-corrected chi connectivity index (χ2v) is 6.47. The van der Waals surface area contributed by atoms with E-state index < -0.39 is 0 Å². The molecule has 0 saturated carbocycles. The fourth-order valence-electron chi connectivity index (χ4n) is 2.83. The van der Waals surface area contributed by atoms with Gasteiger partial charge in [0.15, 0.2) is 0 Å². The maximum atomic E-state index is 13.3. The van der Waals surface area contributed by atoms with Crippen molar-refractivity contribution in [2.75, 3.05) is 13.1 Å². The average molecular weight is 314 g/mol. The summed E-state index contributed by atoms with van der Waals surface area (Å²) < 4.78 is 13.3. The van der Waals surface area contributed by atoms with Crippen molar-refractivity contribution >= 4 is 11.6 Å². The molecule has 1 aromatic carbocycles. The van der Waals surface area contributed by atoms with Crippen LogP contribution in [0.4, 0.5) is 4.39 Å².